The zero-order valence-corrected chi connectivity index (χ0v) is 7.80. The number of nitrogens with one attached hydrogen (secondary N) is 1. The lowest BCUT2D eigenvalue weighted by Crippen LogP contribution is -2.51. The van der Waals surface area contributed by atoms with Crippen LogP contribution in [0.3, 0.4) is 0 Å². The minimum absolute atomic E-state index is 0.0763. The summed E-state index contributed by atoms with van der Waals surface area (Å²) in [5.41, 5.74) is 5.98. The first kappa shape index (κ1) is 9.38. The average Bonchev–Trinajstić information content (AvgIpc) is 2.16. The van der Waals surface area contributed by atoms with Crippen molar-refractivity contribution in [2.45, 2.75) is 0 Å². The fourth-order valence-corrected chi connectivity index (χ4v) is 1.39. The molecule has 0 spiro atoms. The van der Waals surface area contributed by atoms with Crippen LogP contribution < -0.4 is 16.0 Å². The Hall–Kier alpha value is -2.18. The normalized spacial score (nSPS) is 16.4. The fourth-order valence-electron chi connectivity index (χ4n) is 1.39. The number of carbonyl (C=O) groups is 2. The van der Waals surface area contributed by atoms with Crippen LogP contribution in [0.25, 0.3) is 0 Å². The van der Waals surface area contributed by atoms with Gasteiger partial charge < -0.3 is 10.6 Å². The molecule has 15 heavy (non-hydrogen) atoms. The van der Waals surface area contributed by atoms with Crippen LogP contribution in [0.1, 0.15) is 0 Å². The Bertz CT molecular complexity index is 403. The lowest BCUT2D eigenvalue weighted by atomic mass is 10.3. The molecule has 0 aromatic carbocycles. The number of anilines is 2. The Morgan fingerprint density at radius 2 is 2.00 bits per heavy atom. The van der Waals surface area contributed by atoms with Crippen molar-refractivity contribution in [2.24, 2.45) is 0 Å². The van der Waals surface area contributed by atoms with Gasteiger partial charge in [-0.15, -0.1) is 0 Å². The Kier molecular flexibility index (Phi) is 2.20. The molecular weight excluding hydrogens is 198 g/mol. The lowest BCUT2D eigenvalue weighted by Gasteiger charge is -2.26. The molecule has 1 aliphatic rings. The first-order chi connectivity index (χ1) is 7.16. The SMILES string of the molecule is Nc1cncnc1N1CC(=O)NC(=O)C1. The molecule has 0 atom stereocenters. The monoisotopic (exact) mass is 207 g/mol. The van der Waals surface area contributed by atoms with E-state index in [1.54, 1.807) is 0 Å². The average molecular weight is 207 g/mol. The molecule has 7 nitrogen and oxygen atoms in total. The number of carbonyl (C=O) groups excluding carboxylic acids is 2. The summed E-state index contributed by atoms with van der Waals surface area (Å²) in [4.78, 5) is 31.4. The number of amides is 2. The van der Waals surface area contributed by atoms with E-state index in [4.69, 9.17) is 5.73 Å². The van der Waals surface area contributed by atoms with Crippen LogP contribution in [0, 0.1) is 0 Å². The molecule has 1 aromatic heterocycles. The van der Waals surface area contributed by atoms with Crippen molar-refractivity contribution >= 4 is 23.3 Å². The van der Waals surface area contributed by atoms with Crippen molar-refractivity contribution in [2.75, 3.05) is 23.7 Å². The minimum atomic E-state index is -0.357. The number of aromatic nitrogens is 2. The maximum absolute atomic E-state index is 11.1. The Balaban J connectivity index is 2.27. The summed E-state index contributed by atoms with van der Waals surface area (Å²) < 4.78 is 0. The van der Waals surface area contributed by atoms with Gasteiger partial charge in [0.15, 0.2) is 5.82 Å². The summed E-state index contributed by atoms with van der Waals surface area (Å²) in [6.45, 7) is 0.153. The van der Waals surface area contributed by atoms with Gasteiger partial charge in [0.2, 0.25) is 11.8 Å². The topological polar surface area (TPSA) is 101 Å². The number of nitrogens with two attached hydrogens (primary N) is 1. The quantitative estimate of drug-likeness (QED) is 0.545. The van der Waals surface area contributed by atoms with E-state index in [0.29, 0.717) is 11.5 Å². The second-order valence-corrected chi connectivity index (χ2v) is 3.13. The van der Waals surface area contributed by atoms with Gasteiger partial charge in [-0.2, -0.15) is 0 Å². The third-order valence-electron chi connectivity index (χ3n) is 1.97. The van der Waals surface area contributed by atoms with E-state index in [9.17, 15) is 9.59 Å². The molecule has 1 fully saturated rings. The predicted molar refractivity (Wildman–Crippen MR) is 51.8 cm³/mol. The molecule has 2 rings (SSSR count). The summed E-state index contributed by atoms with van der Waals surface area (Å²) in [7, 11) is 0. The van der Waals surface area contributed by atoms with E-state index in [-0.39, 0.29) is 24.9 Å². The van der Waals surface area contributed by atoms with Gasteiger partial charge in [-0.3, -0.25) is 14.9 Å². The molecule has 0 bridgehead atoms. The van der Waals surface area contributed by atoms with Gasteiger partial charge in [0.1, 0.15) is 6.33 Å². The molecule has 7 heteroatoms. The molecule has 0 unspecified atom stereocenters. The van der Waals surface area contributed by atoms with Crippen LogP contribution in [-0.4, -0.2) is 34.9 Å². The number of hydrogen-bond acceptors (Lipinski definition) is 6. The summed E-state index contributed by atoms with van der Waals surface area (Å²) in [5, 5.41) is 2.19. The van der Waals surface area contributed by atoms with Crippen molar-refractivity contribution in [3.8, 4) is 0 Å². The number of rotatable bonds is 1. The standard InChI is InChI=1S/C8H9N5O2/c9-5-1-10-4-11-8(5)13-2-6(14)12-7(15)3-13/h1,4H,2-3,9H2,(H,12,14,15). The summed E-state index contributed by atoms with van der Waals surface area (Å²) in [6, 6.07) is 0. The highest BCUT2D eigenvalue weighted by atomic mass is 16.2. The Labute approximate surface area is 85.3 Å². The van der Waals surface area contributed by atoms with E-state index in [2.05, 4.69) is 15.3 Å². The van der Waals surface area contributed by atoms with Crippen LogP contribution in [0.4, 0.5) is 11.5 Å². The van der Waals surface area contributed by atoms with Crippen LogP contribution >= 0.6 is 0 Å². The zero-order valence-electron chi connectivity index (χ0n) is 7.80. The minimum Gasteiger partial charge on any atom is -0.394 e. The second-order valence-electron chi connectivity index (χ2n) is 3.13. The van der Waals surface area contributed by atoms with Crippen molar-refractivity contribution in [3.05, 3.63) is 12.5 Å². The number of nitrogen functional groups attached to an aromatic ring is 1. The van der Waals surface area contributed by atoms with Gasteiger partial charge >= 0.3 is 0 Å². The molecule has 3 N–H and O–H groups in total. The molecule has 1 saturated heterocycles. The van der Waals surface area contributed by atoms with Crippen molar-refractivity contribution in [1.29, 1.82) is 0 Å². The maximum atomic E-state index is 11.1. The van der Waals surface area contributed by atoms with Crippen LogP contribution in [0.5, 0.6) is 0 Å². The number of imide groups is 1. The summed E-state index contributed by atoms with van der Waals surface area (Å²) in [6.07, 6.45) is 2.75. The van der Waals surface area contributed by atoms with Crippen LogP contribution in [0.2, 0.25) is 0 Å². The first-order valence-corrected chi connectivity index (χ1v) is 4.30. The molecule has 78 valence electrons. The molecule has 0 saturated carbocycles. The molecule has 2 heterocycles. The second kappa shape index (κ2) is 3.52. The van der Waals surface area contributed by atoms with Crippen molar-refractivity contribution in [3.63, 3.8) is 0 Å². The third-order valence-corrected chi connectivity index (χ3v) is 1.97. The van der Waals surface area contributed by atoms with Crippen LogP contribution in [-0.2, 0) is 9.59 Å². The molecule has 0 aliphatic carbocycles. The highest BCUT2D eigenvalue weighted by molar-refractivity contribution is 6.02. The van der Waals surface area contributed by atoms with Crippen LogP contribution in [0.15, 0.2) is 12.5 Å². The van der Waals surface area contributed by atoms with Gasteiger partial charge in [0.05, 0.1) is 25.0 Å². The highest BCUT2D eigenvalue weighted by Crippen LogP contribution is 2.18. The number of hydrogen-bond donors (Lipinski definition) is 2. The molecule has 1 aliphatic heterocycles. The Morgan fingerprint density at radius 3 is 2.60 bits per heavy atom. The number of nitrogens with zero attached hydrogens (tertiary/aromatic N) is 3. The van der Waals surface area contributed by atoms with Gasteiger partial charge in [0, 0.05) is 0 Å². The highest BCUT2D eigenvalue weighted by Gasteiger charge is 2.24. The third kappa shape index (κ3) is 1.85. The van der Waals surface area contributed by atoms with Gasteiger partial charge in [-0.1, -0.05) is 0 Å². The van der Waals surface area contributed by atoms with E-state index in [0.717, 1.165) is 0 Å². The van der Waals surface area contributed by atoms with E-state index < -0.39 is 0 Å². The predicted octanol–water partition coefficient (Wildman–Crippen LogP) is -1.48. The lowest BCUT2D eigenvalue weighted by molar-refractivity contribution is -0.130. The molecular formula is C8H9N5O2. The van der Waals surface area contributed by atoms with Gasteiger partial charge in [-0.25, -0.2) is 9.97 Å². The fraction of sp³-hybridized carbons (Fsp3) is 0.250. The summed E-state index contributed by atoms with van der Waals surface area (Å²) >= 11 is 0. The summed E-state index contributed by atoms with van der Waals surface area (Å²) in [5.74, 6) is -0.304. The van der Waals surface area contributed by atoms with E-state index >= 15 is 0 Å². The van der Waals surface area contributed by atoms with E-state index in [1.165, 1.54) is 17.4 Å². The first-order valence-electron chi connectivity index (χ1n) is 4.30. The van der Waals surface area contributed by atoms with E-state index in [1.807, 2.05) is 0 Å². The van der Waals surface area contributed by atoms with Crippen molar-refractivity contribution < 1.29 is 9.59 Å². The molecule has 0 radical (unpaired) electrons. The van der Waals surface area contributed by atoms with Crippen molar-refractivity contribution in [1.82, 2.24) is 15.3 Å². The smallest absolute Gasteiger partial charge is 0.246 e. The Morgan fingerprint density at radius 1 is 1.33 bits per heavy atom. The van der Waals surface area contributed by atoms with Gasteiger partial charge in [-0.05, 0) is 0 Å². The maximum Gasteiger partial charge on any atom is 0.246 e. The molecule has 1 aromatic rings. The largest absolute Gasteiger partial charge is 0.394 e. The van der Waals surface area contributed by atoms with Gasteiger partial charge in [0.25, 0.3) is 0 Å². The zero-order chi connectivity index (χ0) is 10.8. The number of piperazine rings is 1. The molecule has 2 amide bonds.